The number of hydrogen-bond donors (Lipinski definition) is 1. The molecule has 0 aliphatic carbocycles. The molecule has 0 saturated carbocycles. The molecule has 0 radical (unpaired) electrons. The molecule has 1 aromatic heterocycles. The van der Waals surface area contributed by atoms with E-state index in [1.807, 2.05) is 7.05 Å². The average Bonchev–Trinajstić information content (AvgIpc) is 2.95. The molecule has 0 bridgehead atoms. The molecule has 1 aliphatic rings. The number of rotatable bonds is 2. The first-order valence-electron chi connectivity index (χ1n) is 6.17. The van der Waals surface area contributed by atoms with Crippen molar-refractivity contribution in [3.8, 4) is 0 Å². The Hall–Kier alpha value is -1.75. The third-order valence-electron chi connectivity index (χ3n) is 3.16. The number of nitrogens with one attached hydrogen (secondary N) is 1. The fourth-order valence-corrected chi connectivity index (χ4v) is 3.48. The molecule has 1 aromatic carbocycles. The van der Waals surface area contributed by atoms with Crippen LogP contribution >= 0.6 is 11.8 Å². The largest absolute Gasteiger partial charge is 0.322 e. The van der Waals surface area contributed by atoms with Crippen LogP contribution in [0.4, 0.5) is 5.69 Å². The van der Waals surface area contributed by atoms with Gasteiger partial charge >= 0.3 is 0 Å². The van der Waals surface area contributed by atoms with Crippen molar-refractivity contribution in [2.45, 2.75) is 23.5 Å². The molecule has 98 valence electrons. The van der Waals surface area contributed by atoms with Gasteiger partial charge in [0.2, 0.25) is 5.91 Å². The van der Waals surface area contributed by atoms with Gasteiger partial charge in [-0.3, -0.25) is 9.48 Å². The molecule has 0 spiro atoms. The Balaban J connectivity index is 1.70. The molecule has 1 aliphatic heterocycles. The Morgan fingerprint density at radius 2 is 2.37 bits per heavy atom. The molecule has 2 aromatic rings. The van der Waals surface area contributed by atoms with Crippen LogP contribution in [-0.2, 0) is 18.3 Å². The van der Waals surface area contributed by atoms with E-state index in [4.69, 9.17) is 0 Å². The van der Waals surface area contributed by atoms with E-state index in [1.54, 1.807) is 28.8 Å². The third-order valence-corrected chi connectivity index (χ3v) is 4.46. The molecule has 5 heteroatoms. The van der Waals surface area contributed by atoms with Crippen molar-refractivity contribution in [3.05, 3.63) is 41.7 Å². The Labute approximate surface area is 116 Å². The molecule has 19 heavy (non-hydrogen) atoms. The van der Waals surface area contributed by atoms with Crippen molar-refractivity contribution in [2.24, 2.45) is 7.05 Å². The summed E-state index contributed by atoms with van der Waals surface area (Å²) in [5.74, 6) is 0.0480. The summed E-state index contributed by atoms with van der Waals surface area (Å²) in [7, 11) is 1.83. The second kappa shape index (κ2) is 4.74. The molecule has 4 nitrogen and oxygen atoms in total. The van der Waals surface area contributed by atoms with Crippen LogP contribution in [0.2, 0.25) is 0 Å². The number of aryl methyl sites for hydroxylation is 2. The van der Waals surface area contributed by atoms with Crippen molar-refractivity contribution in [2.75, 3.05) is 5.32 Å². The van der Waals surface area contributed by atoms with Crippen LogP contribution in [0.25, 0.3) is 0 Å². The third kappa shape index (κ3) is 2.51. The smallest absolute Gasteiger partial charge is 0.238 e. The van der Waals surface area contributed by atoms with E-state index in [9.17, 15) is 4.79 Å². The highest BCUT2D eigenvalue weighted by Gasteiger charge is 2.28. The number of fused-ring (bicyclic) bond motifs is 1. The standard InChI is InChI=1S/C14H15N3OS/c1-9-3-4-10-6-13(19-12(10)5-9)14(18)16-11-7-15-17(2)8-11/h3-5,7-8,13H,6H2,1-2H3,(H,16,18)/t13-/m1/s1. The number of amides is 1. The van der Waals surface area contributed by atoms with Gasteiger partial charge in [0.05, 0.1) is 17.1 Å². The number of aromatic nitrogens is 2. The fraction of sp³-hybridized carbons (Fsp3) is 0.286. The maximum absolute atomic E-state index is 12.2. The van der Waals surface area contributed by atoms with Gasteiger partial charge in [0.15, 0.2) is 0 Å². The van der Waals surface area contributed by atoms with E-state index >= 15 is 0 Å². The molecule has 1 N–H and O–H groups in total. The lowest BCUT2D eigenvalue weighted by molar-refractivity contribution is -0.115. The maximum atomic E-state index is 12.2. The van der Waals surface area contributed by atoms with Crippen molar-refractivity contribution < 1.29 is 4.79 Å². The highest BCUT2D eigenvalue weighted by atomic mass is 32.2. The van der Waals surface area contributed by atoms with Crippen molar-refractivity contribution >= 4 is 23.4 Å². The topological polar surface area (TPSA) is 46.9 Å². The minimum atomic E-state index is -0.0444. The van der Waals surface area contributed by atoms with Crippen LogP contribution in [0.5, 0.6) is 0 Å². The zero-order valence-electron chi connectivity index (χ0n) is 10.9. The monoisotopic (exact) mass is 273 g/mol. The molecular weight excluding hydrogens is 258 g/mol. The van der Waals surface area contributed by atoms with Gasteiger partial charge in [-0.15, -0.1) is 11.8 Å². The Bertz CT molecular complexity index is 635. The van der Waals surface area contributed by atoms with E-state index in [2.05, 4.69) is 35.5 Å². The summed E-state index contributed by atoms with van der Waals surface area (Å²) >= 11 is 1.65. The number of carbonyl (C=O) groups excluding carboxylic acids is 1. The quantitative estimate of drug-likeness (QED) is 0.914. The highest BCUT2D eigenvalue weighted by molar-refractivity contribution is 8.01. The van der Waals surface area contributed by atoms with Crippen LogP contribution in [0, 0.1) is 6.92 Å². The van der Waals surface area contributed by atoms with Crippen LogP contribution in [0.3, 0.4) is 0 Å². The highest BCUT2D eigenvalue weighted by Crippen LogP contribution is 2.37. The molecule has 0 saturated heterocycles. The predicted octanol–water partition coefficient (Wildman–Crippen LogP) is 2.38. The van der Waals surface area contributed by atoms with E-state index in [1.165, 1.54) is 16.0 Å². The summed E-state index contributed by atoms with van der Waals surface area (Å²) in [5, 5.41) is 6.91. The molecule has 1 atom stereocenters. The normalized spacial score (nSPS) is 17.3. The molecule has 0 unspecified atom stereocenters. The lowest BCUT2D eigenvalue weighted by atomic mass is 10.1. The van der Waals surface area contributed by atoms with Crippen molar-refractivity contribution in [3.63, 3.8) is 0 Å². The fourth-order valence-electron chi connectivity index (χ4n) is 2.19. The number of carbonyl (C=O) groups is 1. The van der Waals surface area contributed by atoms with Gasteiger partial charge in [-0.05, 0) is 25.0 Å². The summed E-state index contributed by atoms with van der Waals surface area (Å²) in [6.45, 7) is 2.07. The number of thioether (sulfide) groups is 1. The minimum absolute atomic E-state index is 0.0444. The molecule has 3 rings (SSSR count). The average molecular weight is 273 g/mol. The number of nitrogens with zero attached hydrogens (tertiary/aromatic N) is 2. The molecule has 0 fully saturated rings. The van der Waals surface area contributed by atoms with Crippen LogP contribution in [0.1, 0.15) is 11.1 Å². The zero-order valence-corrected chi connectivity index (χ0v) is 11.7. The number of benzene rings is 1. The number of hydrogen-bond acceptors (Lipinski definition) is 3. The van der Waals surface area contributed by atoms with Crippen molar-refractivity contribution in [1.29, 1.82) is 0 Å². The molecule has 2 heterocycles. The summed E-state index contributed by atoms with van der Waals surface area (Å²) in [6.07, 6.45) is 4.26. The zero-order chi connectivity index (χ0) is 13.4. The van der Waals surface area contributed by atoms with E-state index in [0.717, 1.165) is 12.1 Å². The Morgan fingerprint density at radius 1 is 1.53 bits per heavy atom. The maximum Gasteiger partial charge on any atom is 0.238 e. The first-order chi connectivity index (χ1) is 9.11. The SMILES string of the molecule is Cc1ccc2c(c1)S[C@@H](C(=O)Nc1cnn(C)c1)C2. The van der Waals surface area contributed by atoms with Gasteiger partial charge in [0.25, 0.3) is 0 Å². The second-order valence-electron chi connectivity index (χ2n) is 4.81. The van der Waals surface area contributed by atoms with Crippen molar-refractivity contribution in [1.82, 2.24) is 9.78 Å². The lowest BCUT2D eigenvalue weighted by Gasteiger charge is -2.07. The summed E-state index contributed by atoms with van der Waals surface area (Å²) in [4.78, 5) is 13.4. The van der Waals surface area contributed by atoms with Gasteiger partial charge in [-0.25, -0.2) is 0 Å². The lowest BCUT2D eigenvalue weighted by Crippen LogP contribution is -2.24. The summed E-state index contributed by atoms with van der Waals surface area (Å²) in [5.41, 5.74) is 3.25. The van der Waals surface area contributed by atoms with E-state index in [0.29, 0.717) is 0 Å². The number of anilines is 1. The first kappa shape index (κ1) is 12.3. The summed E-state index contributed by atoms with van der Waals surface area (Å²) < 4.78 is 1.68. The van der Waals surface area contributed by atoms with Gasteiger partial charge in [-0.1, -0.05) is 17.7 Å². The molecular formula is C14H15N3OS. The first-order valence-corrected chi connectivity index (χ1v) is 7.05. The van der Waals surface area contributed by atoms with Crippen LogP contribution in [0.15, 0.2) is 35.5 Å². The Kier molecular flexibility index (Phi) is 3.06. The van der Waals surface area contributed by atoms with Gasteiger partial charge in [0, 0.05) is 18.1 Å². The van der Waals surface area contributed by atoms with E-state index in [-0.39, 0.29) is 11.2 Å². The van der Waals surface area contributed by atoms with Crippen LogP contribution in [-0.4, -0.2) is 20.9 Å². The van der Waals surface area contributed by atoms with Crippen LogP contribution < -0.4 is 5.32 Å². The minimum Gasteiger partial charge on any atom is -0.322 e. The van der Waals surface area contributed by atoms with Gasteiger partial charge < -0.3 is 5.32 Å². The van der Waals surface area contributed by atoms with Gasteiger partial charge in [-0.2, -0.15) is 5.10 Å². The molecule has 1 amide bonds. The second-order valence-corrected chi connectivity index (χ2v) is 6.06. The summed E-state index contributed by atoms with van der Waals surface area (Å²) in [6, 6.07) is 6.37. The Morgan fingerprint density at radius 3 is 3.11 bits per heavy atom. The van der Waals surface area contributed by atoms with Gasteiger partial charge in [0.1, 0.15) is 0 Å². The van der Waals surface area contributed by atoms with E-state index < -0.39 is 0 Å². The predicted molar refractivity (Wildman–Crippen MR) is 76.4 cm³/mol.